The van der Waals surface area contributed by atoms with Gasteiger partial charge in [0.1, 0.15) is 11.0 Å². The van der Waals surface area contributed by atoms with E-state index in [9.17, 15) is 0 Å². The molecule has 92 valence electrons. The minimum absolute atomic E-state index is 0.288. The highest BCUT2D eigenvalue weighted by Gasteiger charge is 2.08. The summed E-state index contributed by atoms with van der Waals surface area (Å²) in [5.74, 6) is 0.902. The molecule has 2 aromatic heterocycles. The molecule has 0 aliphatic rings. The maximum absolute atomic E-state index is 8.84. The smallest absolute Gasteiger partial charge is 0.132 e. The topological polar surface area (TPSA) is 61.6 Å². The van der Waals surface area contributed by atoms with Crippen molar-refractivity contribution in [3.63, 3.8) is 0 Å². The molecule has 0 aliphatic heterocycles. The molecule has 4 nitrogen and oxygen atoms in total. The average Bonchev–Trinajstić information content (AvgIpc) is 2.89. The highest BCUT2D eigenvalue weighted by atomic mass is 35.5. The van der Waals surface area contributed by atoms with Gasteiger partial charge in [-0.1, -0.05) is 18.5 Å². The van der Waals surface area contributed by atoms with Crippen LogP contribution in [0.1, 0.15) is 23.4 Å². The SMILES string of the molecule is CC(CNc1cc(C#N)cc(Cl)n1)c1nccs1. The van der Waals surface area contributed by atoms with E-state index in [1.165, 1.54) is 6.07 Å². The van der Waals surface area contributed by atoms with Gasteiger partial charge in [-0.05, 0) is 12.1 Å². The van der Waals surface area contributed by atoms with Crippen LogP contribution < -0.4 is 5.32 Å². The van der Waals surface area contributed by atoms with Crippen LogP contribution in [0.3, 0.4) is 0 Å². The van der Waals surface area contributed by atoms with Gasteiger partial charge in [-0.15, -0.1) is 11.3 Å². The van der Waals surface area contributed by atoms with Crippen molar-refractivity contribution in [2.45, 2.75) is 12.8 Å². The van der Waals surface area contributed by atoms with Crippen LogP contribution in [0, 0.1) is 11.3 Å². The molecule has 0 bridgehead atoms. The van der Waals surface area contributed by atoms with Crippen molar-refractivity contribution >= 4 is 28.8 Å². The molecule has 1 atom stereocenters. The Balaban J connectivity index is 2.02. The number of thiazole rings is 1. The number of hydrogen-bond donors (Lipinski definition) is 1. The molecule has 2 rings (SSSR count). The highest BCUT2D eigenvalue weighted by Crippen LogP contribution is 2.19. The first-order chi connectivity index (χ1) is 8.69. The van der Waals surface area contributed by atoms with E-state index in [1.54, 1.807) is 23.6 Å². The second kappa shape index (κ2) is 5.80. The fourth-order valence-electron chi connectivity index (χ4n) is 1.47. The zero-order chi connectivity index (χ0) is 13.0. The van der Waals surface area contributed by atoms with E-state index < -0.39 is 0 Å². The summed E-state index contributed by atoms with van der Waals surface area (Å²) < 4.78 is 0. The molecule has 0 amide bonds. The van der Waals surface area contributed by atoms with Gasteiger partial charge in [0, 0.05) is 24.0 Å². The molecule has 2 aromatic rings. The van der Waals surface area contributed by atoms with E-state index in [2.05, 4.69) is 22.2 Å². The molecule has 0 spiro atoms. The van der Waals surface area contributed by atoms with Crippen LogP contribution in [0.4, 0.5) is 5.82 Å². The predicted octanol–water partition coefficient (Wildman–Crippen LogP) is 3.28. The summed E-state index contributed by atoms with van der Waals surface area (Å²) in [6, 6.07) is 5.27. The summed E-state index contributed by atoms with van der Waals surface area (Å²) in [5.41, 5.74) is 0.499. The summed E-state index contributed by atoms with van der Waals surface area (Å²) in [6.45, 7) is 2.79. The van der Waals surface area contributed by atoms with Crippen molar-refractivity contribution in [1.82, 2.24) is 9.97 Å². The molecule has 18 heavy (non-hydrogen) atoms. The van der Waals surface area contributed by atoms with Crippen molar-refractivity contribution in [2.75, 3.05) is 11.9 Å². The third-order valence-electron chi connectivity index (χ3n) is 2.39. The molecule has 0 saturated carbocycles. The summed E-state index contributed by atoms with van der Waals surface area (Å²) in [7, 11) is 0. The van der Waals surface area contributed by atoms with Gasteiger partial charge in [0.2, 0.25) is 0 Å². The lowest BCUT2D eigenvalue weighted by molar-refractivity contribution is 0.792. The fraction of sp³-hybridized carbons (Fsp3) is 0.250. The van der Waals surface area contributed by atoms with Crippen molar-refractivity contribution in [2.24, 2.45) is 0 Å². The zero-order valence-corrected chi connectivity index (χ0v) is 11.3. The molecule has 0 fully saturated rings. The van der Waals surface area contributed by atoms with Gasteiger partial charge in [-0.3, -0.25) is 0 Å². The first kappa shape index (κ1) is 12.8. The Morgan fingerprint density at radius 1 is 1.56 bits per heavy atom. The number of anilines is 1. The Hall–Kier alpha value is -1.64. The maximum atomic E-state index is 8.84. The van der Waals surface area contributed by atoms with E-state index in [1.807, 2.05) is 11.4 Å². The van der Waals surface area contributed by atoms with E-state index in [0.717, 1.165) is 5.01 Å². The molecular weight excluding hydrogens is 268 g/mol. The molecule has 0 saturated heterocycles. The molecule has 0 radical (unpaired) electrons. The normalized spacial score (nSPS) is 11.8. The second-order valence-corrected chi connectivity index (χ2v) is 5.14. The van der Waals surface area contributed by atoms with Gasteiger partial charge in [0.05, 0.1) is 16.6 Å². The van der Waals surface area contributed by atoms with Crippen LogP contribution in [0.2, 0.25) is 5.15 Å². The number of aromatic nitrogens is 2. The van der Waals surface area contributed by atoms with Gasteiger partial charge in [0.25, 0.3) is 0 Å². The third-order valence-corrected chi connectivity index (χ3v) is 3.59. The van der Waals surface area contributed by atoms with Gasteiger partial charge in [0.15, 0.2) is 0 Å². The number of nitrogens with one attached hydrogen (secondary N) is 1. The van der Waals surface area contributed by atoms with Crippen LogP contribution in [-0.2, 0) is 0 Å². The minimum atomic E-state index is 0.288. The molecule has 0 aromatic carbocycles. The van der Waals surface area contributed by atoms with Crippen LogP contribution in [0.15, 0.2) is 23.7 Å². The Labute approximate surface area is 114 Å². The van der Waals surface area contributed by atoms with Crippen molar-refractivity contribution in [3.8, 4) is 6.07 Å². The number of nitrogens with zero attached hydrogens (tertiary/aromatic N) is 3. The van der Waals surface area contributed by atoms with Gasteiger partial charge in [-0.2, -0.15) is 5.26 Å². The van der Waals surface area contributed by atoms with Gasteiger partial charge >= 0.3 is 0 Å². The van der Waals surface area contributed by atoms with Crippen molar-refractivity contribution < 1.29 is 0 Å². The number of hydrogen-bond acceptors (Lipinski definition) is 5. The largest absolute Gasteiger partial charge is 0.369 e. The number of pyridine rings is 1. The summed E-state index contributed by atoms with van der Waals surface area (Å²) in [4.78, 5) is 8.38. The fourth-order valence-corrected chi connectivity index (χ4v) is 2.38. The molecule has 0 aliphatic carbocycles. The van der Waals surface area contributed by atoms with Crippen LogP contribution in [-0.4, -0.2) is 16.5 Å². The van der Waals surface area contributed by atoms with E-state index in [0.29, 0.717) is 23.1 Å². The maximum Gasteiger partial charge on any atom is 0.132 e. The minimum Gasteiger partial charge on any atom is -0.369 e. The van der Waals surface area contributed by atoms with E-state index >= 15 is 0 Å². The summed E-state index contributed by atoms with van der Waals surface area (Å²) >= 11 is 7.46. The van der Waals surface area contributed by atoms with Crippen molar-refractivity contribution in [1.29, 1.82) is 5.26 Å². The second-order valence-electron chi connectivity index (χ2n) is 3.83. The first-order valence-corrected chi connectivity index (χ1v) is 6.65. The lowest BCUT2D eigenvalue weighted by Gasteiger charge is -2.10. The van der Waals surface area contributed by atoms with Crippen LogP contribution in [0.25, 0.3) is 0 Å². The highest BCUT2D eigenvalue weighted by molar-refractivity contribution is 7.09. The quantitative estimate of drug-likeness (QED) is 0.872. The van der Waals surface area contributed by atoms with Crippen molar-refractivity contribution in [3.05, 3.63) is 39.4 Å². The number of rotatable bonds is 4. The lowest BCUT2D eigenvalue weighted by atomic mass is 10.2. The van der Waals surface area contributed by atoms with Crippen LogP contribution in [0.5, 0.6) is 0 Å². The average molecular weight is 279 g/mol. The Morgan fingerprint density at radius 3 is 3.06 bits per heavy atom. The summed E-state index contributed by atoms with van der Waals surface area (Å²) in [6.07, 6.45) is 1.79. The Morgan fingerprint density at radius 2 is 2.39 bits per heavy atom. The number of nitriles is 1. The van der Waals surface area contributed by atoms with E-state index in [-0.39, 0.29) is 5.92 Å². The lowest BCUT2D eigenvalue weighted by Crippen LogP contribution is -2.10. The molecule has 1 N–H and O–H groups in total. The predicted molar refractivity (Wildman–Crippen MR) is 73.0 cm³/mol. The Bertz CT molecular complexity index is 562. The Kier molecular flexibility index (Phi) is 4.13. The first-order valence-electron chi connectivity index (χ1n) is 5.40. The standard InChI is InChI=1S/C12H11ClN4S/c1-8(12-15-2-3-18-12)7-16-11-5-9(6-14)4-10(13)17-11/h2-5,8H,7H2,1H3,(H,16,17). The summed E-state index contributed by atoms with van der Waals surface area (Å²) in [5, 5.41) is 15.4. The van der Waals surface area contributed by atoms with Gasteiger partial charge in [-0.25, -0.2) is 9.97 Å². The molecule has 1 unspecified atom stereocenters. The molecular formula is C12H11ClN4S. The monoisotopic (exact) mass is 278 g/mol. The molecule has 6 heteroatoms. The third kappa shape index (κ3) is 3.19. The van der Waals surface area contributed by atoms with Gasteiger partial charge < -0.3 is 5.32 Å². The van der Waals surface area contributed by atoms with E-state index in [4.69, 9.17) is 16.9 Å². The molecule has 2 heterocycles. The number of halogens is 1. The van der Waals surface area contributed by atoms with Crippen LogP contribution >= 0.6 is 22.9 Å². The zero-order valence-electron chi connectivity index (χ0n) is 9.72.